The number of anilines is 1. The Bertz CT molecular complexity index is 1260. The average molecular weight is 459 g/mol. The lowest BCUT2D eigenvalue weighted by molar-refractivity contribution is -0.133. The summed E-state index contributed by atoms with van der Waals surface area (Å²) in [5.74, 6) is -0.638. The van der Waals surface area contributed by atoms with E-state index in [9.17, 15) is 14.4 Å². The van der Waals surface area contributed by atoms with Crippen LogP contribution in [0.2, 0.25) is 0 Å². The highest BCUT2D eigenvalue weighted by atomic mass is 16.2. The Morgan fingerprint density at radius 2 is 1.71 bits per heavy atom. The van der Waals surface area contributed by atoms with Crippen LogP contribution in [0.4, 0.5) is 5.69 Å². The fourth-order valence-electron chi connectivity index (χ4n) is 5.36. The van der Waals surface area contributed by atoms with Crippen LogP contribution in [0.5, 0.6) is 0 Å². The maximum Gasteiger partial charge on any atom is 0.273 e. The van der Waals surface area contributed by atoms with E-state index in [0.717, 1.165) is 42.1 Å². The summed E-state index contributed by atoms with van der Waals surface area (Å²) >= 11 is 0. The van der Waals surface area contributed by atoms with Gasteiger partial charge < -0.3 is 20.1 Å². The first-order valence-corrected chi connectivity index (χ1v) is 11.9. The Balaban J connectivity index is 1.64. The van der Waals surface area contributed by atoms with E-state index in [4.69, 9.17) is 0 Å². The van der Waals surface area contributed by atoms with E-state index in [-0.39, 0.29) is 23.8 Å². The molecule has 1 atom stereocenters. The van der Waals surface area contributed by atoms with Crippen LogP contribution in [0, 0.1) is 0 Å². The lowest BCUT2D eigenvalue weighted by atomic mass is 9.93. The van der Waals surface area contributed by atoms with Gasteiger partial charge in [-0.3, -0.25) is 14.4 Å². The molecule has 0 unspecified atom stereocenters. The molecule has 2 aromatic carbocycles. The van der Waals surface area contributed by atoms with Crippen molar-refractivity contribution < 1.29 is 14.4 Å². The van der Waals surface area contributed by atoms with Gasteiger partial charge in [0, 0.05) is 24.9 Å². The molecule has 0 spiro atoms. The number of rotatable bonds is 5. The van der Waals surface area contributed by atoms with Crippen LogP contribution in [0.3, 0.4) is 0 Å². The number of carbonyl (C=O) groups excluding carboxylic acids is 3. The number of carbonyl (C=O) groups is 3. The predicted octanol–water partition coefficient (Wildman–Crippen LogP) is 4.07. The fraction of sp³-hybridized carbons (Fsp3) is 0.370. The number of fused-ring (bicyclic) bond motifs is 3. The van der Waals surface area contributed by atoms with E-state index in [1.807, 2.05) is 66.1 Å². The first-order valence-electron chi connectivity index (χ1n) is 11.9. The molecule has 1 fully saturated rings. The number of para-hydroxylation sites is 1. The highest BCUT2D eigenvalue weighted by Gasteiger charge is 2.49. The SMILES string of the molecule is CC(=O)Nc1c2n(c3ccccc13)C[C@@](C)(C(=O)NC1CCCC1)N(Cc1ccccc1)C2=O. The third-order valence-corrected chi connectivity index (χ3v) is 7.14. The van der Waals surface area contributed by atoms with E-state index in [2.05, 4.69) is 10.6 Å². The minimum atomic E-state index is -1.09. The normalized spacial score (nSPS) is 20.4. The van der Waals surface area contributed by atoms with E-state index in [0.29, 0.717) is 24.5 Å². The maximum atomic E-state index is 14.1. The van der Waals surface area contributed by atoms with Gasteiger partial charge in [-0.05, 0) is 31.4 Å². The molecule has 7 heteroatoms. The molecule has 5 rings (SSSR count). The first-order chi connectivity index (χ1) is 16.4. The molecule has 3 amide bonds. The Morgan fingerprint density at radius 3 is 2.41 bits per heavy atom. The Hall–Kier alpha value is -3.61. The van der Waals surface area contributed by atoms with Crippen molar-refractivity contribution in [3.8, 4) is 0 Å². The molecule has 2 N–H and O–H groups in total. The van der Waals surface area contributed by atoms with Crippen molar-refractivity contribution in [3.63, 3.8) is 0 Å². The van der Waals surface area contributed by atoms with Gasteiger partial charge in [-0.15, -0.1) is 0 Å². The Labute approximate surface area is 199 Å². The second-order valence-electron chi connectivity index (χ2n) is 9.61. The van der Waals surface area contributed by atoms with Crippen molar-refractivity contribution >= 4 is 34.3 Å². The largest absolute Gasteiger partial charge is 0.351 e. The molecule has 3 aromatic rings. The van der Waals surface area contributed by atoms with Crippen molar-refractivity contribution in [2.45, 2.75) is 64.2 Å². The number of aromatic nitrogens is 1. The van der Waals surface area contributed by atoms with Gasteiger partial charge in [0.2, 0.25) is 11.8 Å². The highest BCUT2D eigenvalue weighted by Crippen LogP contribution is 2.39. The number of hydrogen-bond donors (Lipinski definition) is 2. The number of hydrogen-bond acceptors (Lipinski definition) is 3. The van der Waals surface area contributed by atoms with Crippen molar-refractivity contribution in [3.05, 3.63) is 65.9 Å². The smallest absolute Gasteiger partial charge is 0.273 e. The Kier molecular flexibility index (Phi) is 5.63. The van der Waals surface area contributed by atoms with Gasteiger partial charge in [-0.1, -0.05) is 61.4 Å². The molecule has 176 valence electrons. The van der Waals surface area contributed by atoms with E-state index < -0.39 is 5.54 Å². The van der Waals surface area contributed by atoms with Crippen LogP contribution < -0.4 is 10.6 Å². The van der Waals surface area contributed by atoms with Crippen LogP contribution in [-0.2, 0) is 22.7 Å². The number of nitrogens with zero attached hydrogens (tertiary/aromatic N) is 2. The second kappa shape index (κ2) is 8.63. The van der Waals surface area contributed by atoms with Gasteiger partial charge in [-0.2, -0.15) is 0 Å². The summed E-state index contributed by atoms with van der Waals surface area (Å²) in [4.78, 5) is 41.6. The van der Waals surface area contributed by atoms with Crippen molar-refractivity contribution in [1.82, 2.24) is 14.8 Å². The Morgan fingerprint density at radius 1 is 1.03 bits per heavy atom. The summed E-state index contributed by atoms with van der Waals surface area (Å²) < 4.78 is 1.90. The molecule has 34 heavy (non-hydrogen) atoms. The predicted molar refractivity (Wildman–Crippen MR) is 131 cm³/mol. The summed E-state index contributed by atoms with van der Waals surface area (Å²) in [5, 5.41) is 6.90. The highest BCUT2D eigenvalue weighted by molar-refractivity contribution is 6.14. The summed E-state index contributed by atoms with van der Waals surface area (Å²) in [5.41, 5.74) is 1.61. The standard InChI is InChI=1S/C27H30N4O3/c1-18(32)28-23-21-14-8-9-15-22(21)30-17-27(2,26(34)29-20-12-6-7-13-20)31(25(33)24(23)30)16-19-10-4-3-5-11-19/h3-5,8-11,14-15,20H,6-7,12-13,16-17H2,1-2H3,(H,28,32)(H,29,34)/t27-/m0/s1. The molecule has 7 nitrogen and oxygen atoms in total. The maximum absolute atomic E-state index is 14.1. The quantitative estimate of drug-likeness (QED) is 0.605. The summed E-state index contributed by atoms with van der Waals surface area (Å²) in [6.07, 6.45) is 4.17. The zero-order valence-electron chi connectivity index (χ0n) is 19.6. The topological polar surface area (TPSA) is 83.4 Å². The molecule has 1 aliphatic heterocycles. The van der Waals surface area contributed by atoms with Crippen LogP contribution in [0.25, 0.3) is 10.9 Å². The molecule has 1 saturated carbocycles. The van der Waals surface area contributed by atoms with Crippen LogP contribution in [-0.4, -0.2) is 38.8 Å². The minimum Gasteiger partial charge on any atom is -0.351 e. The van der Waals surface area contributed by atoms with E-state index in [1.54, 1.807) is 4.90 Å². The lowest BCUT2D eigenvalue weighted by Gasteiger charge is -2.44. The van der Waals surface area contributed by atoms with Gasteiger partial charge in [0.15, 0.2) is 0 Å². The summed E-state index contributed by atoms with van der Waals surface area (Å²) in [6.45, 7) is 3.90. The molecule has 1 aromatic heterocycles. The number of benzene rings is 2. The van der Waals surface area contributed by atoms with E-state index in [1.165, 1.54) is 6.92 Å². The van der Waals surface area contributed by atoms with Gasteiger partial charge in [0.25, 0.3) is 5.91 Å². The number of nitrogens with one attached hydrogen (secondary N) is 2. The molecular formula is C27H30N4O3. The van der Waals surface area contributed by atoms with Gasteiger partial charge in [-0.25, -0.2) is 0 Å². The average Bonchev–Trinajstić information content (AvgIpc) is 3.44. The molecule has 2 heterocycles. The van der Waals surface area contributed by atoms with Crippen molar-refractivity contribution in [2.24, 2.45) is 0 Å². The third kappa shape index (κ3) is 3.75. The minimum absolute atomic E-state index is 0.131. The number of amides is 3. The van der Waals surface area contributed by atoms with Gasteiger partial charge >= 0.3 is 0 Å². The van der Waals surface area contributed by atoms with Gasteiger partial charge in [0.1, 0.15) is 11.2 Å². The molecule has 0 bridgehead atoms. The fourth-order valence-corrected chi connectivity index (χ4v) is 5.36. The van der Waals surface area contributed by atoms with Crippen molar-refractivity contribution in [1.29, 1.82) is 0 Å². The van der Waals surface area contributed by atoms with E-state index >= 15 is 0 Å². The molecule has 2 aliphatic rings. The summed E-state index contributed by atoms with van der Waals surface area (Å²) in [7, 11) is 0. The van der Waals surface area contributed by atoms with Crippen molar-refractivity contribution in [2.75, 3.05) is 5.32 Å². The van der Waals surface area contributed by atoms with Gasteiger partial charge in [0.05, 0.1) is 17.7 Å². The summed E-state index contributed by atoms with van der Waals surface area (Å²) in [6, 6.07) is 17.5. The third-order valence-electron chi connectivity index (χ3n) is 7.14. The zero-order chi connectivity index (χ0) is 23.9. The van der Waals surface area contributed by atoms with Crippen LogP contribution in [0.15, 0.2) is 54.6 Å². The monoisotopic (exact) mass is 458 g/mol. The molecular weight excluding hydrogens is 428 g/mol. The first kappa shape index (κ1) is 22.2. The zero-order valence-corrected chi connectivity index (χ0v) is 19.6. The lowest BCUT2D eigenvalue weighted by Crippen LogP contribution is -2.64. The molecule has 1 aliphatic carbocycles. The van der Waals surface area contributed by atoms with Crippen LogP contribution >= 0.6 is 0 Å². The van der Waals surface area contributed by atoms with Crippen LogP contribution in [0.1, 0.15) is 55.6 Å². The molecule has 0 saturated heterocycles. The second-order valence-corrected chi connectivity index (χ2v) is 9.61. The molecule has 0 radical (unpaired) electrons.